The van der Waals surface area contributed by atoms with E-state index in [1.54, 1.807) is 0 Å². The van der Waals surface area contributed by atoms with Crippen LogP contribution in [0, 0.1) is 0 Å². The van der Waals surface area contributed by atoms with Gasteiger partial charge in [0.1, 0.15) is 0 Å². The molecule has 0 fully saturated rings. The smallest absolute Gasteiger partial charge is 0.0942 e. The van der Waals surface area contributed by atoms with Crippen molar-refractivity contribution in [3.63, 3.8) is 0 Å². The molecule has 92 valence electrons. The number of hydrogen-bond acceptors (Lipinski definition) is 1. The first-order valence-electron chi connectivity index (χ1n) is 6.39. The highest BCUT2D eigenvalue weighted by Crippen LogP contribution is 2.06. The number of hydrogen-bond donors (Lipinski definition) is 0. The average molecular weight is 233 g/mol. The van der Waals surface area contributed by atoms with Crippen molar-refractivity contribution in [2.24, 2.45) is 0 Å². The summed E-state index contributed by atoms with van der Waals surface area (Å²) in [5.74, 6) is 0.855. The molecule has 0 aromatic rings. The summed E-state index contributed by atoms with van der Waals surface area (Å²) in [6.45, 7) is 8.18. The highest BCUT2D eigenvalue weighted by atomic mass is 32.2. The van der Waals surface area contributed by atoms with Crippen LogP contribution >= 0.6 is 0 Å². The Morgan fingerprint density at radius 1 is 0.867 bits per heavy atom. The van der Waals surface area contributed by atoms with Crippen LogP contribution in [0.2, 0.25) is 0 Å². The fourth-order valence-corrected chi connectivity index (χ4v) is 2.93. The van der Waals surface area contributed by atoms with Gasteiger partial charge >= 0.3 is 0 Å². The first-order valence-corrected chi connectivity index (χ1v) is 7.67. The Morgan fingerprint density at radius 2 is 1.40 bits per heavy atom. The lowest BCUT2D eigenvalue weighted by Gasteiger charge is -2.16. The largest absolute Gasteiger partial charge is 0.243 e. The van der Waals surface area contributed by atoms with E-state index in [4.69, 9.17) is 0 Å². The monoisotopic (exact) mass is 233 g/mol. The molecule has 0 aliphatic rings. The molecule has 15 heavy (non-hydrogen) atoms. The topological polar surface area (TPSA) is 20.3 Å². The minimum absolute atomic E-state index is 0.732. The van der Waals surface area contributed by atoms with Gasteiger partial charge in [-0.3, -0.25) is 0 Å². The van der Waals surface area contributed by atoms with E-state index >= 15 is 0 Å². The second kappa shape index (κ2) is 10.6. The Labute approximate surface area is 98.0 Å². The predicted molar refractivity (Wildman–Crippen MR) is 69.3 cm³/mol. The van der Waals surface area contributed by atoms with Crippen LogP contribution in [-0.4, -0.2) is 27.4 Å². The Morgan fingerprint density at radius 3 is 1.93 bits per heavy atom. The summed E-state index contributed by atoms with van der Waals surface area (Å²) < 4.78 is 13.8. The minimum atomic E-state index is -0.732. The van der Waals surface area contributed by atoms with Crippen molar-refractivity contribution in [3.05, 3.63) is 0 Å². The van der Waals surface area contributed by atoms with Crippen LogP contribution in [-0.2, 0) is 11.0 Å². The first-order chi connectivity index (χ1) is 7.26. The molecule has 1 atom stereocenters. The molecule has 2 nitrogen and oxygen atoms in total. The molecule has 0 aliphatic heterocycles. The van der Waals surface area contributed by atoms with Crippen LogP contribution in [0.4, 0.5) is 0 Å². The van der Waals surface area contributed by atoms with Gasteiger partial charge in [-0.15, -0.1) is 0 Å². The highest BCUT2D eigenvalue weighted by Gasteiger charge is 2.07. The molecule has 0 saturated carbocycles. The van der Waals surface area contributed by atoms with Crippen LogP contribution in [0.5, 0.6) is 0 Å². The molecule has 0 radical (unpaired) electrons. The standard InChI is InChI=1S/C12H27NOS/c1-4-7-8-9-10-11-12-15(14)13(5-2)6-3/h4-12H2,1-3H3. The van der Waals surface area contributed by atoms with E-state index in [2.05, 4.69) is 20.8 Å². The second-order valence-electron chi connectivity index (χ2n) is 3.91. The van der Waals surface area contributed by atoms with Crippen molar-refractivity contribution >= 4 is 11.0 Å². The van der Waals surface area contributed by atoms with Gasteiger partial charge in [0.25, 0.3) is 0 Å². The summed E-state index contributed by atoms with van der Waals surface area (Å²) in [4.78, 5) is 0. The maximum absolute atomic E-state index is 11.7. The number of nitrogens with zero attached hydrogens (tertiary/aromatic N) is 1. The zero-order valence-electron chi connectivity index (χ0n) is 10.6. The normalized spacial score (nSPS) is 13.3. The van der Waals surface area contributed by atoms with E-state index in [1.165, 1.54) is 32.1 Å². The summed E-state index contributed by atoms with van der Waals surface area (Å²) in [7, 11) is -0.732. The van der Waals surface area contributed by atoms with Crippen LogP contribution < -0.4 is 0 Å². The molecule has 0 saturated heterocycles. The van der Waals surface area contributed by atoms with Crippen molar-refractivity contribution in [1.82, 2.24) is 4.31 Å². The van der Waals surface area contributed by atoms with Gasteiger partial charge in [-0.1, -0.05) is 52.9 Å². The molecule has 0 aromatic heterocycles. The molecular weight excluding hydrogens is 206 g/mol. The Hall–Kier alpha value is 0.110. The van der Waals surface area contributed by atoms with E-state index in [-0.39, 0.29) is 0 Å². The van der Waals surface area contributed by atoms with Crippen molar-refractivity contribution < 1.29 is 4.21 Å². The van der Waals surface area contributed by atoms with Crippen molar-refractivity contribution in [1.29, 1.82) is 0 Å². The molecule has 1 unspecified atom stereocenters. The maximum atomic E-state index is 11.7. The third-order valence-corrected chi connectivity index (χ3v) is 4.40. The Balaban J connectivity index is 3.38. The fraction of sp³-hybridized carbons (Fsp3) is 1.00. The van der Waals surface area contributed by atoms with Crippen LogP contribution in [0.25, 0.3) is 0 Å². The van der Waals surface area contributed by atoms with E-state index in [0.29, 0.717) is 0 Å². The SMILES string of the molecule is CCCCCCCCS(=O)N(CC)CC. The van der Waals surface area contributed by atoms with E-state index in [9.17, 15) is 4.21 Å². The molecule has 0 bridgehead atoms. The number of rotatable bonds is 10. The van der Waals surface area contributed by atoms with Crippen LogP contribution in [0.15, 0.2) is 0 Å². The van der Waals surface area contributed by atoms with Gasteiger partial charge in [0, 0.05) is 18.8 Å². The molecule has 3 heteroatoms. The molecule has 0 rings (SSSR count). The van der Waals surface area contributed by atoms with Crippen LogP contribution in [0.1, 0.15) is 59.3 Å². The molecule has 0 spiro atoms. The molecular formula is C12H27NOS. The van der Waals surface area contributed by atoms with Crippen molar-refractivity contribution in [3.8, 4) is 0 Å². The maximum Gasteiger partial charge on any atom is 0.0942 e. The molecule has 0 aliphatic carbocycles. The van der Waals surface area contributed by atoms with Gasteiger partial charge < -0.3 is 0 Å². The predicted octanol–water partition coefficient (Wildman–Crippen LogP) is 3.35. The van der Waals surface area contributed by atoms with Crippen molar-refractivity contribution in [2.75, 3.05) is 18.8 Å². The van der Waals surface area contributed by atoms with Crippen molar-refractivity contribution in [2.45, 2.75) is 59.3 Å². The van der Waals surface area contributed by atoms with Gasteiger partial charge in [-0.2, -0.15) is 0 Å². The second-order valence-corrected chi connectivity index (χ2v) is 5.48. The van der Waals surface area contributed by atoms with Gasteiger partial charge in [0.05, 0.1) is 11.0 Å². The molecule has 0 amide bonds. The lowest BCUT2D eigenvalue weighted by Crippen LogP contribution is -2.27. The van der Waals surface area contributed by atoms with E-state index in [1.807, 2.05) is 4.31 Å². The average Bonchev–Trinajstić information content (AvgIpc) is 2.25. The highest BCUT2D eigenvalue weighted by molar-refractivity contribution is 7.82. The van der Waals surface area contributed by atoms with E-state index in [0.717, 1.165) is 25.3 Å². The minimum Gasteiger partial charge on any atom is -0.243 e. The Kier molecular flexibility index (Phi) is 10.7. The van der Waals surface area contributed by atoms with E-state index < -0.39 is 11.0 Å². The van der Waals surface area contributed by atoms with Gasteiger partial charge in [0.2, 0.25) is 0 Å². The summed E-state index contributed by atoms with van der Waals surface area (Å²) in [5, 5.41) is 0. The molecule has 0 aromatic carbocycles. The number of unbranched alkanes of at least 4 members (excludes halogenated alkanes) is 5. The molecule has 0 N–H and O–H groups in total. The zero-order valence-corrected chi connectivity index (χ0v) is 11.4. The third kappa shape index (κ3) is 7.97. The lowest BCUT2D eigenvalue weighted by atomic mass is 10.1. The Bertz CT molecular complexity index is 158. The quantitative estimate of drug-likeness (QED) is 0.530. The summed E-state index contributed by atoms with van der Waals surface area (Å²) in [5.41, 5.74) is 0. The zero-order chi connectivity index (χ0) is 11.5. The van der Waals surface area contributed by atoms with Gasteiger partial charge in [0.15, 0.2) is 0 Å². The summed E-state index contributed by atoms with van der Waals surface area (Å²) >= 11 is 0. The van der Waals surface area contributed by atoms with Gasteiger partial charge in [-0.25, -0.2) is 8.51 Å². The van der Waals surface area contributed by atoms with Gasteiger partial charge in [-0.05, 0) is 6.42 Å². The summed E-state index contributed by atoms with van der Waals surface area (Å²) in [6, 6.07) is 0. The molecule has 0 heterocycles. The fourth-order valence-electron chi connectivity index (χ4n) is 1.65. The lowest BCUT2D eigenvalue weighted by molar-refractivity contribution is 0.487. The summed E-state index contributed by atoms with van der Waals surface area (Å²) in [6.07, 6.45) is 7.65. The first kappa shape index (κ1) is 15.1. The van der Waals surface area contributed by atoms with Crippen LogP contribution in [0.3, 0.4) is 0 Å². The third-order valence-electron chi connectivity index (χ3n) is 2.67.